The van der Waals surface area contributed by atoms with E-state index in [0.29, 0.717) is 6.54 Å². The highest BCUT2D eigenvalue weighted by atomic mass is 79.9. The lowest BCUT2D eigenvalue weighted by Crippen LogP contribution is -2.35. The maximum absolute atomic E-state index is 10.8. The summed E-state index contributed by atoms with van der Waals surface area (Å²) in [5, 5.41) is 8.85. The lowest BCUT2D eigenvalue weighted by Gasteiger charge is -2.21. The number of rotatable bonds is 4. The van der Waals surface area contributed by atoms with Crippen LogP contribution in [0.15, 0.2) is 28.7 Å². The average Bonchev–Trinajstić information content (AvgIpc) is 2.20. The molecule has 15 heavy (non-hydrogen) atoms. The second-order valence-corrected chi connectivity index (χ2v) is 4.38. The highest BCUT2D eigenvalue weighted by molar-refractivity contribution is 9.10. The van der Waals surface area contributed by atoms with Gasteiger partial charge in [-0.15, -0.1) is 0 Å². The van der Waals surface area contributed by atoms with Crippen LogP contribution < -0.4 is 0 Å². The van der Waals surface area contributed by atoms with Gasteiger partial charge in [0.05, 0.1) is 0 Å². The summed E-state index contributed by atoms with van der Waals surface area (Å²) in [6.45, 7) is 2.30. The minimum atomic E-state index is -0.801. The summed E-state index contributed by atoms with van der Waals surface area (Å²) in [5.74, 6) is -0.801. The second kappa shape index (κ2) is 5.28. The minimum Gasteiger partial charge on any atom is -0.480 e. The SMILES string of the molecule is CC(C(=O)O)N(C)Cc1ccccc1Br. The van der Waals surface area contributed by atoms with E-state index in [0.717, 1.165) is 10.0 Å². The molecule has 4 heteroatoms. The number of halogens is 1. The predicted molar refractivity (Wildman–Crippen MR) is 62.7 cm³/mol. The van der Waals surface area contributed by atoms with E-state index in [1.165, 1.54) is 0 Å². The van der Waals surface area contributed by atoms with Gasteiger partial charge >= 0.3 is 5.97 Å². The van der Waals surface area contributed by atoms with Crippen molar-refractivity contribution in [3.05, 3.63) is 34.3 Å². The van der Waals surface area contributed by atoms with Crippen molar-refractivity contribution >= 4 is 21.9 Å². The molecule has 0 bridgehead atoms. The fourth-order valence-electron chi connectivity index (χ4n) is 1.22. The molecule has 0 saturated heterocycles. The molecule has 1 N–H and O–H groups in total. The van der Waals surface area contributed by atoms with E-state index in [1.807, 2.05) is 24.3 Å². The molecule has 0 amide bonds. The van der Waals surface area contributed by atoms with Crippen LogP contribution >= 0.6 is 15.9 Å². The molecule has 0 spiro atoms. The third-order valence-electron chi connectivity index (χ3n) is 2.40. The van der Waals surface area contributed by atoms with Gasteiger partial charge in [-0.25, -0.2) is 0 Å². The van der Waals surface area contributed by atoms with Crippen molar-refractivity contribution in [2.45, 2.75) is 19.5 Å². The third kappa shape index (κ3) is 3.32. The highest BCUT2D eigenvalue weighted by Gasteiger charge is 2.17. The van der Waals surface area contributed by atoms with E-state index in [2.05, 4.69) is 15.9 Å². The van der Waals surface area contributed by atoms with Crippen molar-refractivity contribution in [1.82, 2.24) is 4.90 Å². The molecule has 1 atom stereocenters. The zero-order chi connectivity index (χ0) is 11.4. The predicted octanol–water partition coefficient (Wildman–Crippen LogP) is 2.35. The maximum atomic E-state index is 10.8. The van der Waals surface area contributed by atoms with E-state index < -0.39 is 12.0 Å². The van der Waals surface area contributed by atoms with Gasteiger partial charge in [-0.3, -0.25) is 9.69 Å². The smallest absolute Gasteiger partial charge is 0.320 e. The minimum absolute atomic E-state index is 0.475. The fourth-order valence-corrected chi connectivity index (χ4v) is 1.63. The van der Waals surface area contributed by atoms with Gasteiger partial charge in [-0.1, -0.05) is 34.1 Å². The van der Waals surface area contributed by atoms with Gasteiger partial charge in [0.2, 0.25) is 0 Å². The van der Waals surface area contributed by atoms with E-state index in [-0.39, 0.29) is 0 Å². The molecule has 1 aromatic rings. The molecule has 0 saturated carbocycles. The van der Waals surface area contributed by atoms with Crippen molar-refractivity contribution < 1.29 is 9.90 Å². The molecular weight excluding hydrogens is 258 g/mol. The number of likely N-dealkylation sites (N-methyl/N-ethyl adjacent to an activating group) is 1. The normalized spacial score (nSPS) is 12.8. The first-order chi connectivity index (χ1) is 7.02. The number of hydrogen-bond acceptors (Lipinski definition) is 2. The number of aliphatic carboxylic acids is 1. The number of nitrogens with zero attached hydrogens (tertiary/aromatic N) is 1. The molecule has 1 rings (SSSR count). The van der Waals surface area contributed by atoms with Gasteiger partial charge < -0.3 is 5.11 Å². The summed E-state index contributed by atoms with van der Waals surface area (Å²) < 4.78 is 1.01. The fraction of sp³-hybridized carbons (Fsp3) is 0.364. The molecule has 0 fully saturated rings. The lowest BCUT2D eigenvalue weighted by molar-refractivity contribution is -0.142. The van der Waals surface area contributed by atoms with Crippen molar-refractivity contribution in [3.8, 4) is 0 Å². The first-order valence-corrected chi connectivity index (χ1v) is 5.48. The van der Waals surface area contributed by atoms with Gasteiger partial charge in [0.1, 0.15) is 6.04 Å². The Morgan fingerprint density at radius 2 is 2.13 bits per heavy atom. The number of benzene rings is 1. The molecule has 0 aliphatic heterocycles. The Kier molecular flexibility index (Phi) is 4.29. The van der Waals surface area contributed by atoms with Gasteiger partial charge in [0.15, 0.2) is 0 Å². The number of carboxylic acid groups (broad SMARTS) is 1. The van der Waals surface area contributed by atoms with E-state index >= 15 is 0 Å². The highest BCUT2D eigenvalue weighted by Crippen LogP contribution is 2.17. The molecule has 0 aromatic heterocycles. The van der Waals surface area contributed by atoms with E-state index in [9.17, 15) is 4.79 Å². The number of carboxylic acids is 1. The summed E-state index contributed by atoms with van der Waals surface area (Å²) in [5.41, 5.74) is 1.09. The molecule has 1 unspecified atom stereocenters. The molecule has 1 aromatic carbocycles. The van der Waals surface area contributed by atoms with Gasteiger partial charge in [0, 0.05) is 11.0 Å². The van der Waals surface area contributed by atoms with Crippen LogP contribution in [-0.2, 0) is 11.3 Å². The van der Waals surface area contributed by atoms with Gasteiger partial charge in [-0.05, 0) is 25.6 Å². The molecule has 0 radical (unpaired) electrons. The summed E-state index contributed by atoms with van der Waals surface area (Å²) in [4.78, 5) is 12.6. The third-order valence-corrected chi connectivity index (χ3v) is 3.17. The van der Waals surface area contributed by atoms with Crippen LogP contribution in [0.25, 0.3) is 0 Å². The van der Waals surface area contributed by atoms with Crippen LogP contribution in [-0.4, -0.2) is 29.1 Å². The zero-order valence-corrected chi connectivity index (χ0v) is 10.4. The van der Waals surface area contributed by atoms with E-state index in [1.54, 1.807) is 18.9 Å². The van der Waals surface area contributed by atoms with Crippen molar-refractivity contribution in [1.29, 1.82) is 0 Å². The van der Waals surface area contributed by atoms with Crippen LogP contribution in [0.4, 0.5) is 0 Å². The van der Waals surface area contributed by atoms with Crippen LogP contribution in [0.3, 0.4) is 0 Å². The molecule has 82 valence electrons. The lowest BCUT2D eigenvalue weighted by atomic mass is 10.2. The second-order valence-electron chi connectivity index (χ2n) is 3.52. The number of carbonyl (C=O) groups is 1. The Morgan fingerprint density at radius 3 is 2.67 bits per heavy atom. The summed E-state index contributed by atoms with van der Waals surface area (Å²) in [6, 6.07) is 7.34. The van der Waals surface area contributed by atoms with E-state index in [4.69, 9.17) is 5.11 Å². The van der Waals surface area contributed by atoms with Gasteiger partial charge in [0.25, 0.3) is 0 Å². The Bertz CT molecular complexity index is 354. The Morgan fingerprint density at radius 1 is 1.53 bits per heavy atom. The first-order valence-electron chi connectivity index (χ1n) is 4.69. The summed E-state index contributed by atoms with van der Waals surface area (Å²) in [6.07, 6.45) is 0. The van der Waals surface area contributed by atoms with Crippen LogP contribution in [0, 0.1) is 0 Å². The molecule has 0 aliphatic carbocycles. The van der Waals surface area contributed by atoms with Crippen molar-refractivity contribution in [2.75, 3.05) is 7.05 Å². The molecule has 0 aliphatic rings. The quantitative estimate of drug-likeness (QED) is 0.914. The van der Waals surface area contributed by atoms with Crippen molar-refractivity contribution in [2.24, 2.45) is 0 Å². The standard InChI is InChI=1S/C11H14BrNO2/c1-8(11(14)15)13(2)7-9-5-3-4-6-10(9)12/h3-6,8H,7H2,1-2H3,(H,14,15). The molecule has 0 heterocycles. The Hall–Kier alpha value is -0.870. The molecule has 3 nitrogen and oxygen atoms in total. The zero-order valence-electron chi connectivity index (χ0n) is 8.77. The van der Waals surface area contributed by atoms with Crippen LogP contribution in [0.5, 0.6) is 0 Å². The summed E-state index contributed by atoms with van der Waals surface area (Å²) >= 11 is 3.44. The largest absolute Gasteiger partial charge is 0.480 e. The summed E-state index contributed by atoms with van der Waals surface area (Å²) in [7, 11) is 1.80. The van der Waals surface area contributed by atoms with Crippen LogP contribution in [0.1, 0.15) is 12.5 Å². The van der Waals surface area contributed by atoms with Gasteiger partial charge in [-0.2, -0.15) is 0 Å². The Labute approximate surface area is 97.8 Å². The van der Waals surface area contributed by atoms with Crippen molar-refractivity contribution in [3.63, 3.8) is 0 Å². The monoisotopic (exact) mass is 271 g/mol. The van der Waals surface area contributed by atoms with Crippen LogP contribution in [0.2, 0.25) is 0 Å². The maximum Gasteiger partial charge on any atom is 0.320 e. The molecular formula is C11H14BrNO2. The number of hydrogen-bond donors (Lipinski definition) is 1. The Balaban J connectivity index is 2.70. The first kappa shape index (κ1) is 12.2. The topological polar surface area (TPSA) is 40.5 Å². The average molecular weight is 272 g/mol.